The smallest absolute Gasteiger partial charge is 0.263 e. The molecule has 5 heteroatoms. The van der Waals surface area contributed by atoms with Crippen molar-refractivity contribution in [2.24, 2.45) is 0 Å². The van der Waals surface area contributed by atoms with Crippen molar-refractivity contribution >= 4 is 17.4 Å². The Balaban J connectivity index is 1.88. The molecule has 1 amide bonds. The molecule has 2 aromatic rings. The number of nitrogens with one attached hydrogen (secondary N) is 1. The van der Waals surface area contributed by atoms with Crippen LogP contribution in [-0.4, -0.2) is 17.5 Å². The third-order valence-corrected chi connectivity index (χ3v) is 2.52. The van der Waals surface area contributed by atoms with Gasteiger partial charge in [-0.3, -0.25) is 4.79 Å². The zero-order valence-electron chi connectivity index (χ0n) is 10.6. The maximum atomic E-state index is 11.7. The maximum Gasteiger partial charge on any atom is 0.263 e. The number of amides is 1. The predicted octanol–water partition coefficient (Wildman–Crippen LogP) is 1.99. The number of carbonyl (C=O) groups excluding carboxylic acids is 1. The number of nitrogens with zero attached hydrogens (tertiary/aromatic N) is 1. The fourth-order valence-corrected chi connectivity index (χ4v) is 1.50. The Morgan fingerprint density at radius 3 is 2.74 bits per heavy atom. The van der Waals surface area contributed by atoms with Gasteiger partial charge in [0.2, 0.25) is 0 Å². The number of pyridine rings is 1. The SMILES string of the molecule is Cc1cccnc1NC(=O)COc1ccc(N)cc1. The molecule has 1 aromatic heterocycles. The molecule has 98 valence electrons. The Labute approximate surface area is 111 Å². The lowest BCUT2D eigenvalue weighted by Gasteiger charge is -2.08. The molecule has 1 aromatic carbocycles. The summed E-state index contributed by atoms with van der Waals surface area (Å²) in [5.74, 6) is 0.897. The molecule has 0 aliphatic rings. The van der Waals surface area contributed by atoms with Gasteiger partial charge in [-0.25, -0.2) is 4.98 Å². The average molecular weight is 257 g/mol. The van der Waals surface area contributed by atoms with Crippen molar-refractivity contribution in [3.05, 3.63) is 48.2 Å². The largest absolute Gasteiger partial charge is 0.484 e. The van der Waals surface area contributed by atoms with Crippen LogP contribution < -0.4 is 15.8 Å². The monoisotopic (exact) mass is 257 g/mol. The van der Waals surface area contributed by atoms with E-state index in [0.717, 1.165) is 5.56 Å². The van der Waals surface area contributed by atoms with Crippen molar-refractivity contribution in [2.45, 2.75) is 6.92 Å². The number of hydrogen-bond donors (Lipinski definition) is 2. The summed E-state index contributed by atoms with van der Waals surface area (Å²) in [5, 5.41) is 2.69. The molecule has 0 spiro atoms. The number of anilines is 2. The van der Waals surface area contributed by atoms with E-state index in [1.165, 1.54) is 0 Å². The minimum absolute atomic E-state index is 0.0695. The zero-order chi connectivity index (χ0) is 13.7. The highest BCUT2D eigenvalue weighted by Crippen LogP contribution is 2.13. The van der Waals surface area contributed by atoms with Gasteiger partial charge in [0.15, 0.2) is 6.61 Å². The summed E-state index contributed by atoms with van der Waals surface area (Å²) in [4.78, 5) is 15.8. The third-order valence-electron chi connectivity index (χ3n) is 2.52. The molecule has 0 aliphatic carbocycles. The van der Waals surface area contributed by atoms with Crippen molar-refractivity contribution < 1.29 is 9.53 Å². The van der Waals surface area contributed by atoms with Gasteiger partial charge in [0, 0.05) is 11.9 Å². The maximum absolute atomic E-state index is 11.7. The summed E-state index contributed by atoms with van der Waals surface area (Å²) in [5.41, 5.74) is 7.12. The number of carbonyl (C=O) groups is 1. The van der Waals surface area contributed by atoms with Gasteiger partial charge in [-0.2, -0.15) is 0 Å². The van der Waals surface area contributed by atoms with Crippen LogP contribution >= 0.6 is 0 Å². The number of aryl methyl sites for hydroxylation is 1. The lowest BCUT2D eigenvalue weighted by Crippen LogP contribution is -2.21. The lowest BCUT2D eigenvalue weighted by atomic mass is 10.3. The van der Waals surface area contributed by atoms with Crippen LogP contribution in [0.15, 0.2) is 42.6 Å². The highest BCUT2D eigenvalue weighted by atomic mass is 16.5. The van der Waals surface area contributed by atoms with Gasteiger partial charge in [-0.15, -0.1) is 0 Å². The summed E-state index contributed by atoms with van der Waals surface area (Å²) < 4.78 is 5.34. The number of hydrogen-bond acceptors (Lipinski definition) is 4. The standard InChI is InChI=1S/C14H15N3O2/c1-10-3-2-8-16-14(10)17-13(18)9-19-12-6-4-11(15)5-7-12/h2-8H,9,15H2,1H3,(H,16,17,18). The van der Waals surface area contributed by atoms with E-state index in [1.54, 1.807) is 30.5 Å². The van der Waals surface area contributed by atoms with E-state index in [0.29, 0.717) is 17.3 Å². The Hall–Kier alpha value is -2.56. The normalized spacial score (nSPS) is 9.95. The fraction of sp³-hybridized carbons (Fsp3) is 0.143. The molecule has 3 N–H and O–H groups in total. The van der Waals surface area contributed by atoms with Gasteiger partial charge in [-0.05, 0) is 42.8 Å². The van der Waals surface area contributed by atoms with Gasteiger partial charge in [0.1, 0.15) is 11.6 Å². The fourth-order valence-electron chi connectivity index (χ4n) is 1.50. The minimum atomic E-state index is -0.251. The van der Waals surface area contributed by atoms with Gasteiger partial charge in [0.25, 0.3) is 5.91 Å². The summed E-state index contributed by atoms with van der Waals surface area (Å²) in [6.45, 7) is 1.81. The minimum Gasteiger partial charge on any atom is -0.484 e. The topological polar surface area (TPSA) is 77.2 Å². The van der Waals surface area contributed by atoms with Crippen LogP contribution in [0.3, 0.4) is 0 Å². The molecule has 0 bridgehead atoms. The van der Waals surface area contributed by atoms with Crippen LogP contribution in [0.2, 0.25) is 0 Å². The Morgan fingerprint density at radius 2 is 2.05 bits per heavy atom. The van der Waals surface area contributed by atoms with E-state index >= 15 is 0 Å². The second kappa shape index (κ2) is 5.86. The molecule has 0 fully saturated rings. The second-order valence-corrected chi connectivity index (χ2v) is 4.07. The molecule has 0 atom stereocenters. The van der Waals surface area contributed by atoms with E-state index in [1.807, 2.05) is 19.1 Å². The first-order valence-corrected chi connectivity index (χ1v) is 5.85. The highest BCUT2D eigenvalue weighted by molar-refractivity contribution is 5.91. The molecular formula is C14H15N3O2. The summed E-state index contributed by atoms with van der Waals surface area (Å²) in [6, 6.07) is 10.6. The molecule has 0 saturated heterocycles. The van der Waals surface area contributed by atoms with Gasteiger partial charge in [-0.1, -0.05) is 6.07 Å². The number of rotatable bonds is 4. The highest BCUT2D eigenvalue weighted by Gasteiger charge is 2.06. The van der Waals surface area contributed by atoms with Crippen molar-refractivity contribution in [1.82, 2.24) is 4.98 Å². The molecule has 19 heavy (non-hydrogen) atoms. The van der Waals surface area contributed by atoms with E-state index in [9.17, 15) is 4.79 Å². The molecule has 0 unspecified atom stereocenters. The molecule has 5 nitrogen and oxygen atoms in total. The molecule has 2 rings (SSSR count). The first-order valence-electron chi connectivity index (χ1n) is 5.85. The van der Waals surface area contributed by atoms with Gasteiger partial charge in [0.05, 0.1) is 0 Å². The Bertz CT molecular complexity index is 567. The third kappa shape index (κ3) is 3.70. The molecule has 0 radical (unpaired) electrons. The van der Waals surface area contributed by atoms with Gasteiger partial charge < -0.3 is 15.8 Å². The molecule has 0 aliphatic heterocycles. The van der Waals surface area contributed by atoms with E-state index < -0.39 is 0 Å². The zero-order valence-corrected chi connectivity index (χ0v) is 10.6. The molecule has 1 heterocycles. The molecular weight excluding hydrogens is 242 g/mol. The summed E-state index contributed by atoms with van der Waals surface area (Å²) in [6.07, 6.45) is 1.63. The summed E-state index contributed by atoms with van der Waals surface area (Å²) in [7, 11) is 0. The number of benzene rings is 1. The van der Waals surface area contributed by atoms with Crippen molar-refractivity contribution in [1.29, 1.82) is 0 Å². The first kappa shape index (κ1) is 12.9. The van der Waals surface area contributed by atoms with Crippen LogP contribution in [0, 0.1) is 6.92 Å². The molecule has 0 saturated carbocycles. The summed E-state index contributed by atoms with van der Waals surface area (Å²) >= 11 is 0. The number of nitrogens with two attached hydrogens (primary N) is 1. The van der Waals surface area contributed by atoms with Gasteiger partial charge >= 0.3 is 0 Å². The van der Waals surface area contributed by atoms with Crippen molar-refractivity contribution in [3.63, 3.8) is 0 Å². The van der Waals surface area contributed by atoms with E-state index in [4.69, 9.17) is 10.5 Å². The first-order chi connectivity index (χ1) is 9.15. The van der Waals surface area contributed by atoms with Crippen molar-refractivity contribution in [3.8, 4) is 5.75 Å². The predicted molar refractivity (Wildman–Crippen MR) is 74.0 cm³/mol. The Kier molecular flexibility index (Phi) is 3.97. The number of nitrogen functional groups attached to an aromatic ring is 1. The van der Waals surface area contributed by atoms with Crippen LogP contribution in [0.25, 0.3) is 0 Å². The number of aromatic nitrogens is 1. The van der Waals surface area contributed by atoms with Crippen LogP contribution in [0.4, 0.5) is 11.5 Å². The lowest BCUT2D eigenvalue weighted by molar-refractivity contribution is -0.118. The van der Waals surface area contributed by atoms with E-state index in [-0.39, 0.29) is 12.5 Å². The van der Waals surface area contributed by atoms with Crippen LogP contribution in [0.5, 0.6) is 5.75 Å². The number of ether oxygens (including phenoxy) is 1. The van der Waals surface area contributed by atoms with Crippen molar-refractivity contribution in [2.75, 3.05) is 17.7 Å². The Morgan fingerprint density at radius 1 is 1.32 bits per heavy atom. The van der Waals surface area contributed by atoms with Crippen LogP contribution in [0.1, 0.15) is 5.56 Å². The average Bonchev–Trinajstić information content (AvgIpc) is 2.41. The second-order valence-electron chi connectivity index (χ2n) is 4.07. The van der Waals surface area contributed by atoms with Crippen LogP contribution in [-0.2, 0) is 4.79 Å². The quantitative estimate of drug-likeness (QED) is 0.821. The van der Waals surface area contributed by atoms with E-state index in [2.05, 4.69) is 10.3 Å².